The van der Waals surface area contributed by atoms with E-state index in [0.29, 0.717) is 10.9 Å². The predicted molar refractivity (Wildman–Crippen MR) is 82.6 cm³/mol. The van der Waals surface area contributed by atoms with Crippen molar-refractivity contribution in [2.75, 3.05) is 5.32 Å². The van der Waals surface area contributed by atoms with Crippen molar-refractivity contribution in [3.63, 3.8) is 0 Å². The molecule has 110 valence electrons. The second-order valence-electron chi connectivity index (χ2n) is 5.57. The molecule has 1 aliphatic rings. The van der Waals surface area contributed by atoms with Crippen molar-refractivity contribution in [3.05, 3.63) is 35.9 Å². The number of aromatic carboxylic acids is 1. The van der Waals surface area contributed by atoms with Crippen molar-refractivity contribution < 1.29 is 9.90 Å². The molecule has 2 atom stereocenters. The first-order valence-corrected chi connectivity index (χ1v) is 7.30. The highest BCUT2D eigenvalue weighted by Gasteiger charge is 2.21. The van der Waals surface area contributed by atoms with Crippen LogP contribution in [0, 0.1) is 0 Å². The van der Waals surface area contributed by atoms with Gasteiger partial charge >= 0.3 is 5.97 Å². The van der Waals surface area contributed by atoms with E-state index >= 15 is 0 Å². The molecule has 1 fully saturated rings. The molecular formula is C16H19N3O2. The smallest absolute Gasteiger partial charge is 0.336 e. The summed E-state index contributed by atoms with van der Waals surface area (Å²) >= 11 is 0. The molecule has 5 nitrogen and oxygen atoms in total. The monoisotopic (exact) mass is 285 g/mol. The van der Waals surface area contributed by atoms with Gasteiger partial charge in [0.05, 0.1) is 11.1 Å². The number of hydrogen-bond acceptors (Lipinski definition) is 4. The van der Waals surface area contributed by atoms with Crippen molar-refractivity contribution in [1.82, 2.24) is 4.98 Å². The van der Waals surface area contributed by atoms with Crippen LogP contribution in [0.2, 0.25) is 0 Å². The van der Waals surface area contributed by atoms with E-state index in [0.717, 1.165) is 18.7 Å². The van der Waals surface area contributed by atoms with E-state index < -0.39 is 5.97 Å². The summed E-state index contributed by atoms with van der Waals surface area (Å²) in [4.78, 5) is 15.7. The summed E-state index contributed by atoms with van der Waals surface area (Å²) in [6.07, 6.45) is 4.46. The van der Waals surface area contributed by atoms with Gasteiger partial charge in [-0.05, 0) is 37.1 Å². The van der Waals surface area contributed by atoms with Crippen LogP contribution in [-0.2, 0) is 0 Å². The summed E-state index contributed by atoms with van der Waals surface area (Å²) in [6.45, 7) is 0. The number of pyridine rings is 1. The minimum atomic E-state index is -0.933. The topological polar surface area (TPSA) is 88.2 Å². The molecule has 0 saturated heterocycles. The Morgan fingerprint density at radius 1 is 1.24 bits per heavy atom. The lowest BCUT2D eigenvalue weighted by Gasteiger charge is -2.29. The van der Waals surface area contributed by atoms with Gasteiger partial charge in [-0.3, -0.25) is 0 Å². The molecule has 0 amide bonds. The van der Waals surface area contributed by atoms with E-state index in [2.05, 4.69) is 10.3 Å². The average Bonchev–Trinajstić information content (AvgIpc) is 2.48. The number of benzene rings is 1. The highest BCUT2D eigenvalue weighted by molar-refractivity contribution is 6.02. The van der Waals surface area contributed by atoms with Crippen molar-refractivity contribution in [3.8, 4) is 0 Å². The Morgan fingerprint density at radius 2 is 2.05 bits per heavy atom. The molecular weight excluding hydrogens is 266 g/mol. The van der Waals surface area contributed by atoms with Gasteiger partial charge < -0.3 is 16.2 Å². The summed E-state index contributed by atoms with van der Waals surface area (Å²) in [6, 6.07) is 9.17. The number of carboxylic acid groups (broad SMARTS) is 1. The van der Waals surface area contributed by atoms with Crippen LogP contribution in [0.25, 0.3) is 10.9 Å². The third kappa shape index (κ3) is 2.83. The standard InChI is InChI=1S/C16H19N3O2/c17-12-5-1-2-6-14(12)19-15-9-8-10-11(16(20)21)4-3-7-13(10)18-15/h3-4,7-9,12,14H,1-2,5-6,17H2,(H,18,19)(H,20,21). The molecule has 3 rings (SSSR count). The Morgan fingerprint density at radius 3 is 2.81 bits per heavy atom. The number of nitrogens with two attached hydrogens (primary N) is 1. The maximum Gasteiger partial charge on any atom is 0.336 e. The lowest BCUT2D eigenvalue weighted by molar-refractivity contribution is 0.0699. The van der Waals surface area contributed by atoms with E-state index in [1.165, 1.54) is 12.8 Å². The fraction of sp³-hybridized carbons (Fsp3) is 0.375. The largest absolute Gasteiger partial charge is 0.478 e. The summed E-state index contributed by atoms with van der Waals surface area (Å²) in [7, 11) is 0. The van der Waals surface area contributed by atoms with E-state index in [9.17, 15) is 9.90 Å². The normalized spacial score (nSPS) is 22.1. The fourth-order valence-corrected chi connectivity index (χ4v) is 2.95. The van der Waals surface area contributed by atoms with E-state index in [1.54, 1.807) is 12.1 Å². The summed E-state index contributed by atoms with van der Waals surface area (Å²) < 4.78 is 0. The average molecular weight is 285 g/mol. The van der Waals surface area contributed by atoms with Crippen molar-refractivity contribution >= 4 is 22.7 Å². The summed E-state index contributed by atoms with van der Waals surface area (Å²) in [5, 5.41) is 13.2. The van der Waals surface area contributed by atoms with Crippen LogP contribution in [-0.4, -0.2) is 28.1 Å². The van der Waals surface area contributed by atoms with Crippen LogP contribution in [0.1, 0.15) is 36.0 Å². The Balaban J connectivity index is 1.89. The maximum absolute atomic E-state index is 11.2. The van der Waals surface area contributed by atoms with Crippen molar-refractivity contribution in [2.24, 2.45) is 5.73 Å². The Kier molecular flexibility index (Phi) is 3.75. The maximum atomic E-state index is 11.2. The van der Waals surface area contributed by atoms with Gasteiger partial charge in [-0.15, -0.1) is 0 Å². The molecule has 5 heteroatoms. The number of fused-ring (bicyclic) bond motifs is 1. The first-order valence-electron chi connectivity index (χ1n) is 7.30. The molecule has 0 bridgehead atoms. The van der Waals surface area contributed by atoms with Gasteiger partial charge in [0.2, 0.25) is 0 Å². The van der Waals surface area contributed by atoms with Crippen LogP contribution in [0.3, 0.4) is 0 Å². The number of hydrogen-bond donors (Lipinski definition) is 3. The van der Waals surface area contributed by atoms with Gasteiger partial charge in [0.15, 0.2) is 0 Å². The minimum Gasteiger partial charge on any atom is -0.478 e. The predicted octanol–water partition coefficient (Wildman–Crippen LogP) is 2.61. The minimum absolute atomic E-state index is 0.154. The molecule has 0 radical (unpaired) electrons. The van der Waals surface area contributed by atoms with Crippen LogP contribution >= 0.6 is 0 Å². The highest BCUT2D eigenvalue weighted by atomic mass is 16.4. The van der Waals surface area contributed by atoms with Gasteiger partial charge in [-0.1, -0.05) is 18.9 Å². The second kappa shape index (κ2) is 5.69. The van der Waals surface area contributed by atoms with E-state index in [1.807, 2.05) is 18.2 Å². The van der Waals surface area contributed by atoms with Crippen LogP contribution in [0.4, 0.5) is 5.82 Å². The third-order valence-corrected chi connectivity index (χ3v) is 4.11. The van der Waals surface area contributed by atoms with Crippen LogP contribution in [0.5, 0.6) is 0 Å². The Hall–Kier alpha value is -2.14. The molecule has 0 aliphatic heterocycles. The Labute approximate surface area is 123 Å². The first kappa shape index (κ1) is 13.8. The first-order chi connectivity index (χ1) is 10.1. The van der Waals surface area contributed by atoms with E-state index in [-0.39, 0.29) is 17.6 Å². The number of aromatic nitrogens is 1. The van der Waals surface area contributed by atoms with Gasteiger partial charge in [0.25, 0.3) is 0 Å². The van der Waals surface area contributed by atoms with Gasteiger partial charge in [-0.25, -0.2) is 9.78 Å². The highest BCUT2D eigenvalue weighted by Crippen LogP contribution is 2.23. The van der Waals surface area contributed by atoms with Crippen LogP contribution < -0.4 is 11.1 Å². The van der Waals surface area contributed by atoms with Gasteiger partial charge in [0.1, 0.15) is 5.82 Å². The zero-order valence-electron chi connectivity index (χ0n) is 11.7. The molecule has 0 spiro atoms. The Bertz CT molecular complexity index is 672. The molecule has 1 saturated carbocycles. The van der Waals surface area contributed by atoms with Crippen molar-refractivity contribution in [1.29, 1.82) is 0 Å². The second-order valence-corrected chi connectivity index (χ2v) is 5.57. The summed E-state index contributed by atoms with van der Waals surface area (Å²) in [5.74, 6) is -0.176. The van der Waals surface area contributed by atoms with Gasteiger partial charge in [0, 0.05) is 17.5 Å². The molecule has 4 N–H and O–H groups in total. The molecule has 1 aliphatic carbocycles. The number of carboxylic acids is 1. The van der Waals surface area contributed by atoms with Crippen molar-refractivity contribution in [2.45, 2.75) is 37.8 Å². The fourth-order valence-electron chi connectivity index (χ4n) is 2.95. The summed E-state index contributed by atoms with van der Waals surface area (Å²) in [5.41, 5.74) is 7.10. The number of nitrogens with zero attached hydrogens (tertiary/aromatic N) is 1. The molecule has 1 aromatic heterocycles. The third-order valence-electron chi connectivity index (χ3n) is 4.11. The zero-order chi connectivity index (χ0) is 14.8. The number of rotatable bonds is 3. The molecule has 21 heavy (non-hydrogen) atoms. The molecule has 2 unspecified atom stereocenters. The zero-order valence-corrected chi connectivity index (χ0v) is 11.7. The quantitative estimate of drug-likeness (QED) is 0.806. The number of nitrogens with one attached hydrogen (secondary N) is 1. The number of carbonyl (C=O) groups is 1. The molecule has 1 aromatic carbocycles. The molecule has 2 aromatic rings. The lowest BCUT2D eigenvalue weighted by Crippen LogP contribution is -2.42. The molecule has 1 heterocycles. The van der Waals surface area contributed by atoms with E-state index in [4.69, 9.17) is 5.73 Å². The lowest BCUT2D eigenvalue weighted by atomic mass is 9.91. The van der Waals surface area contributed by atoms with Crippen LogP contribution in [0.15, 0.2) is 30.3 Å². The van der Waals surface area contributed by atoms with Gasteiger partial charge in [-0.2, -0.15) is 0 Å². The number of anilines is 1. The SMILES string of the molecule is NC1CCCCC1Nc1ccc2c(C(=O)O)cccc2n1.